The van der Waals surface area contributed by atoms with Crippen molar-refractivity contribution in [2.24, 2.45) is 5.92 Å². The molecule has 0 aromatic rings. The molecule has 0 aromatic heterocycles. The molecule has 2 unspecified atom stereocenters. The lowest BCUT2D eigenvalue weighted by atomic mass is 10.1. The van der Waals surface area contributed by atoms with Crippen LogP contribution in [0.25, 0.3) is 0 Å². The summed E-state index contributed by atoms with van der Waals surface area (Å²) in [6.07, 6.45) is -13.5. The lowest BCUT2D eigenvalue weighted by molar-refractivity contribution is -0.274. The SMILES string of the molecule is O=C(O)C1CCC(CNC(=O)C(C(F)(F)F)C(F)(F)F)O1. The van der Waals surface area contributed by atoms with Crippen molar-refractivity contribution in [3.8, 4) is 0 Å². The second kappa shape index (κ2) is 6.08. The van der Waals surface area contributed by atoms with E-state index in [0.29, 0.717) is 0 Å². The fraction of sp³-hybridized carbons (Fsp3) is 0.800. The summed E-state index contributed by atoms with van der Waals surface area (Å²) in [5.41, 5.74) is 0. The number of carbonyl (C=O) groups excluding carboxylic acids is 1. The van der Waals surface area contributed by atoms with Crippen LogP contribution in [0, 0.1) is 5.92 Å². The number of halogens is 6. The van der Waals surface area contributed by atoms with E-state index < -0.39 is 48.9 Å². The minimum absolute atomic E-state index is 0.0673. The lowest BCUT2D eigenvalue weighted by Crippen LogP contribution is -2.49. The fourth-order valence-electron chi connectivity index (χ4n) is 1.84. The van der Waals surface area contributed by atoms with Gasteiger partial charge in [0.2, 0.25) is 11.8 Å². The lowest BCUT2D eigenvalue weighted by Gasteiger charge is -2.22. The Morgan fingerprint density at radius 2 is 1.67 bits per heavy atom. The number of amides is 1. The highest BCUT2D eigenvalue weighted by molar-refractivity contribution is 5.80. The Labute approximate surface area is 114 Å². The van der Waals surface area contributed by atoms with Crippen molar-refractivity contribution < 1.29 is 45.8 Å². The number of ether oxygens (including phenoxy) is 1. The molecule has 2 N–H and O–H groups in total. The number of carboxylic acids is 1. The maximum absolute atomic E-state index is 12.2. The zero-order valence-electron chi connectivity index (χ0n) is 10.3. The summed E-state index contributed by atoms with van der Waals surface area (Å²) < 4.78 is 78.3. The minimum atomic E-state index is -5.76. The largest absolute Gasteiger partial charge is 0.479 e. The molecule has 0 bridgehead atoms. The molecule has 0 radical (unpaired) electrons. The molecule has 1 saturated heterocycles. The van der Waals surface area contributed by atoms with Crippen molar-refractivity contribution in [3.05, 3.63) is 0 Å². The molecule has 2 atom stereocenters. The average Bonchev–Trinajstić information content (AvgIpc) is 2.70. The molecule has 1 aliphatic rings. The molecule has 1 amide bonds. The molecule has 11 heteroatoms. The van der Waals surface area contributed by atoms with E-state index in [9.17, 15) is 35.9 Å². The van der Waals surface area contributed by atoms with Crippen molar-refractivity contribution in [1.82, 2.24) is 5.32 Å². The summed E-state index contributed by atoms with van der Waals surface area (Å²) in [6, 6.07) is 0. The maximum Gasteiger partial charge on any atom is 0.409 e. The van der Waals surface area contributed by atoms with Gasteiger partial charge in [0.25, 0.3) is 0 Å². The second-order valence-corrected chi connectivity index (χ2v) is 4.42. The first-order valence-electron chi connectivity index (χ1n) is 5.72. The third kappa shape index (κ3) is 4.76. The topological polar surface area (TPSA) is 75.6 Å². The van der Waals surface area contributed by atoms with E-state index in [-0.39, 0.29) is 12.8 Å². The standard InChI is InChI=1S/C10H11F6NO4/c11-9(12,13)6(10(14,15)16)7(18)17-3-4-1-2-5(21-4)8(19)20/h4-6H,1-3H2,(H,17,18)(H,19,20). The van der Waals surface area contributed by atoms with E-state index in [4.69, 9.17) is 9.84 Å². The summed E-state index contributed by atoms with van der Waals surface area (Å²) in [5.74, 6) is -7.65. The van der Waals surface area contributed by atoms with Crippen LogP contribution in [0.5, 0.6) is 0 Å². The first kappa shape index (κ1) is 17.5. The van der Waals surface area contributed by atoms with Gasteiger partial charge in [0.1, 0.15) is 0 Å². The zero-order valence-corrected chi connectivity index (χ0v) is 10.3. The van der Waals surface area contributed by atoms with Crippen LogP contribution in [-0.2, 0) is 14.3 Å². The van der Waals surface area contributed by atoms with Crippen LogP contribution in [0.3, 0.4) is 0 Å². The zero-order chi connectivity index (χ0) is 16.4. The van der Waals surface area contributed by atoms with Crippen LogP contribution in [0.15, 0.2) is 0 Å². The van der Waals surface area contributed by atoms with Crippen molar-refractivity contribution in [2.75, 3.05) is 6.54 Å². The highest BCUT2D eigenvalue weighted by atomic mass is 19.4. The van der Waals surface area contributed by atoms with Crippen LogP contribution in [0.1, 0.15) is 12.8 Å². The predicted molar refractivity (Wildman–Crippen MR) is 54.1 cm³/mol. The smallest absolute Gasteiger partial charge is 0.409 e. The van der Waals surface area contributed by atoms with E-state index in [1.54, 1.807) is 0 Å². The van der Waals surface area contributed by atoms with Crippen molar-refractivity contribution in [1.29, 1.82) is 0 Å². The van der Waals surface area contributed by atoms with Gasteiger partial charge >= 0.3 is 18.3 Å². The van der Waals surface area contributed by atoms with Gasteiger partial charge in [-0.15, -0.1) is 0 Å². The summed E-state index contributed by atoms with van der Waals surface area (Å²) in [7, 11) is 0. The molecule has 5 nitrogen and oxygen atoms in total. The number of aliphatic carboxylic acids is 1. The normalized spacial score (nSPS) is 23.4. The molecule has 0 aliphatic carbocycles. The number of rotatable bonds is 4. The number of hydrogen-bond acceptors (Lipinski definition) is 3. The quantitative estimate of drug-likeness (QED) is 0.769. The van der Waals surface area contributed by atoms with E-state index in [1.807, 2.05) is 0 Å². The molecule has 0 spiro atoms. The van der Waals surface area contributed by atoms with Crippen LogP contribution >= 0.6 is 0 Å². The van der Waals surface area contributed by atoms with Gasteiger partial charge in [0.05, 0.1) is 6.10 Å². The Bertz CT molecular complexity index is 393. The van der Waals surface area contributed by atoms with Gasteiger partial charge in [-0.2, -0.15) is 26.3 Å². The first-order chi connectivity index (χ1) is 9.43. The highest BCUT2D eigenvalue weighted by Gasteiger charge is 2.61. The van der Waals surface area contributed by atoms with Gasteiger partial charge in [0.15, 0.2) is 6.10 Å². The Morgan fingerprint density at radius 3 is 2.05 bits per heavy atom. The fourth-order valence-corrected chi connectivity index (χ4v) is 1.84. The predicted octanol–water partition coefficient (Wildman–Crippen LogP) is 1.48. The Hall–Kier alpha value is -1.52. The van der Waals surface area contributed by atoms with Crippen LogP contribution in [-0.4, -0.2) is 48.1 Å². The summed E-state index contributed by atoms with van der Waals surface area (Å²) >= 11 is 0. The van der Waals surface area contributed by atoms with Gasteiger partial charge in [-0.3, -0.25) is 4.79 Å². The molecule has 1 rings (SSSR count). The summed E-state index contributed by atoms with van der Waals surface area (Å²) in [6.45, 7) is -0.620. The second-order valence-electron chi connectivity index (χ2n) is 4.42. The minimum Gasteiger partial charge on any atom is -0.479 e. The van der Waals surface area contributed by atoms with Gasteiger partial charge in [-0.05, 0) is 12.8 Å². The molecule has 1 heterocycles. The van der Waals surface area contributed by atoms with E-state index in [1.165, 1.54) is 5.32 Å². The van der Waals surface area contributed by atoms with Crippen LogP contribution in [0.4, 0.5) is 26.3 Å². The van der Waals surface area contributed by atoms with Gasteiger partial charge in [-0.1, -0.05) is 0 Å². The molecule has 1 fully saturated rings. The summed E-state index contributed by atoms with van der Waals surface area (Å²) in [4.78, 5) is 21.6. The molecule has 21 heavy (non-hydrogen) atoms. The highest BCUT2D eigenvalue weighted by Crippen LogP contribution is 2.39. The summed E-state index contributed by atoms with van der Waals surface area (Å²) in [5, 5.41) is 10.1. The third-order valence-electron chi connectivity index (χ3n) is 2.80. The number of carboxylic acid groups (broad SMARTS) is 1. The van der Waals surface area contributed by atoms with Gasteiger partial charge in [0, 0.05) is 6.54 Å². The van der Waals surface area contributed by atoms with E-state index in [2.05, 4.69) is 0 Å². The van der Waals surface area contributed by atoms with Crippen molar-refractivity contribution >= 4 is 11.9 Å². The van der Waals surface area contributed by atoms with E-state index in [0.717, 1.165) is 0 Å². The Balaban J connectivity index is 2.58. The first-order valence-corrected chi connectivity index (χ1v) is 5.72. The number of nitrogens with one attached hydrogen (secondary N) is 1. The molecular weight excluding hydrogens is 312 g/mol. The Morgan fingerprint density at radius 1 is 1.14 bits per heavy atom. The van der Waals surface area contributed by atoms with Crippen LogP contribution in [0.2, 0.25) is 0 Å². The van der Waals surface area contributed by atoms with Crippen molar-refractivity contribution in [2.45, 2.75) is 37.4 Å². The van der Waals surface area contributed by atoms with Gasteiger partial charge < -0.3 is 15.2 Å². The monoisotopic (exact) mass is 323 g/mol. The molecule has 122 valence electrons. The molecule has 0 saturated carbocycles. The van der Waals surface area contributed by atoms with Gasteiger partial charge in [-0.25, -0.2) is 4.79 Å². The number of carbonyl (C=O) groups is 2. The number of hydrogen-bond donors (Lipinski definition) is 2. The molecular formula is C10H11F6NO4. The van der Waals surface area contributed by atoms with Crippen LogP contribution < -0.4 is 5.32 Å². The van der Waals surface area contributed by atoms with E-state index >= 15 is 0 Å². The average molecular weight is 323 g/mol. The molecule has 1 aliphatic heterocycles. The van der Waals surface area contributed by atoms with Crippen molar-refractivity contribution in [3.63, 3.8) is 0 Å². The number of alkyl halides is 6. The third-order valence-corrected chi connectivity index (χ3v) is 2.80. The molecule has 0 aromatic carbocycles. The Kier molecular flexibility index (Phi) is 5.07. The maximum atomic E-state index is 12.2.